The van der Waals surface area contributed by atoms with Gasteiger partial charge in [0.1, 0.15) is 0 Å². The van der Waals surface area contributed by atoms with Crippen LogP contribution in [0.15, 0.2) is 47.5 Å². The second-order valence-corrected chi connectivity index (χ2v) is 4.01. The number of aromatic hydroxyl groups is 1. The number of aliphatic imine (C=N–C) groups is 1. The van der Waals surface area contributed by atoms with Crippen molar-refractivity contribution in [3.63, 3.8) is 0 Å². The van der Waals surface area contributed by atoms with Gasteiger partial charge in [-0.1, -0.05) is 0 Å². The van der Waals surface area contributed by atoms with Crippen LogP contribution in [0.25, 0.3) is 0 Å². The summed E-state index contributed by atoms with van der Waals surface area (Å²) in [6.07, 6.45) is 1.72. The summed E-state index contributed by atoms with van der Waals surface area (Å²) in [4.78, 5) is 4.33. The van der Waals surface area contributed by atoms with Gasteiger partial charge in [0, 0.05) is 11.9 Å². The summed E-state index contributed by atoms with van der Waals surface area (Å²) < 4.78 is 5.32. The fourth-order valence-electron chi connectivity index (χ4n) is 1.59. The number of phenolic OH excluding ortho intramolecular Hbond substituents is 1. The van der Waals surface area contributed by atoms with E-state index in [0.717, 1.165) is 11.3 Å². The predicted molar refractivity (Wildman–Crippen MR) is 77.4 cm³/mol. The molecule has 0 aromatic heterocycles. The van der Waals surface area contributed by atoms with E-state index in [1.54, 1.807) is 36.5 Å². The van der Waals surface area contributed by atoms with Crippen LogP contribution in [0.3, 0.4) is 0 Å². The van der Waals surface area contributed by atoms with Crippen LogP contribution in [0.4, 0.5) is 11.4 Å². The molecule has 0 aliphatic heterocycles. The molecule has 4 nitrogen and oxygen atoms in total. The summed E-state index contributed by atoms with van der Waals surface area (Å²) >= 11 is 0. The quantitative estimate of drug-likeness (QED) is 0.652. The number of benzene rings is 2. The van der Waals surface area contributed by atoms with Gasteiger partial charge in [0.25, 0.3) is 0 Å². The lowest BCUT2D eigenvalue weighted by molar-refractivity contribution is 0.318. The molecule has 0 unspecified atom stereocenters. The zero-order valence-corrected chi connectivity index (χ0v) is 10.7. The van der Waals surface area contributed by atoms with Gasteiger partial charge in [0.2, 0.25) is 0 Å². The molecule has 0 amide bonds. The molecule has 19 heavy (non-hydrogen) atoms. The Morgan fingerprint density at radius 2 is 1.95 bits per heavy atom. The predicted octanol–water partition coefficient (Wildman–Crippen LogP) is 3.12. The van der Waals surface area contributed by atoms with Crippen molar-refractivity contribution >= 4 is 17.6 Å². The highest BCUT2D eigenvalue weighted by atomic mass is 16.5. The van der Waals surface area contributed by atoms with Gasteiger partial charge in [0.15, 0.2) is 11.5 Å². The third-order valence-electron chi connectivity index (χ3n) is 2.54. The Kier molecular flexibility index (Phi) is 4.03. The summed E-state index contributed by atoms with van der Waals surface area (Å²) in [7, 11) is 0. The minimum atomic E-state index is 0.131. The lowest BCUT2D eigenvalue weighted by atomic mass is 10.2. The third kappa shape index (κ3) is 3.48. The van der Waals surface area contributed by atoms with Gasteiger partial charge in [-0.2, -0.15) is 0 Å². The van der Waals surface area contributed by atoms with Crippen molar-refractivity contribution in [2.45, 2.75) is 6.92 Å². The second-order valence-electron chi connectivity index (χ2n) is 4.01. The number of phenols is 1. The van der Waals surface area contributed by atoms with Crippen LogP contribution in [0.5, 0.6) is 11.5 Å². The number of hydrogen-bond donors (Lipinski definition) is 2. The molecule has 0 aliphatic rings. The van der Waals surface area contributed by atoms with Crippen LogP contribution in [0.2, 0.25) is 0 Å². The standard InChI is InChI=1S/C15H16N2O2/c1-2-19-15-9-11(3-8-14(15)18)10-17-13-6-4-12(16)5-7-13/h3-10,18H,2,16H2,1H3. The molecular formula is C15H16N2O2. The van der Waals surface area contributed by atoms with E-state index in [0.29, 0.717) is 18.0 Å². The van der Waals surface area contributed by atoms with Crippen LogP contribution in [0, 0.1) is 0 Å². The van der Waals surface area contributed by atoms with Crippen molar-refractivity contribution in [1.82, 2.24) is 0 Å². The highest BCUT2D eigenvalue weighted by Gasteiger charge is 2.01. The summed E-state index contributed by atoms with van der Waals surface area (Å²) in [5.74, 6) is 0.593. The summed E-state index contributed by atoms with van der Waals surface area (Å²) in [6, 6.07) is 12.4. The van der Waals surface area contributed by atoms with E-state index in [2.05, 4.69) is 4.99 Å². The van der Waals surface area contributed by atoms with E-state index in [4.69, 9.17) is 10.5 Å². The molecule has 2 rings (SSSR count). The Morgan fingerprint density at radius 3 is 2.63 bits per heavy atom. The zero-order valence-electron chi connectivity index (χ0n) is 10.7. The number of nitrogen functional groups attached to an aromatic ring is 1. The Morgan fingerprint density at radius 1 is 1.21 bits per heavy atom. The normalized spacial score (nSPS) is 10.8. The van der Waals surface area contributed by atoms with E-state index in [1.165, 1.54) is 0 Å². The summed E-state index contributed by atoms with van der Waals surface area (Å²) in [6.45, 7) is 2.38. The molecule has 0 spiro atoms. The second kappa shape index (κ2) is 5.91. The molecule has 0 fully saturated rings. The SMILES string of the molecule is CCOc1cc(C=Nc2ccc(N)cc2)ccc1O. The van der Waals surface area contributed by atoms with Crippen LogP contribution in [-0.4, -0.2) is 17.9 Å². The van der Waals surface area contributed by atoms with Crippen molar-refractivity contribution < 1.29 is 9.84 Å². The number of ether oxygens (including phenoxy) is 1. The maximum absolute atomic E-state index is 9.60. The molecule has 2 aromatic carbocycles. The Bertz CT molecular complexity index is 577. The lowest BCUT2D eigenvalue weighted by Crippen LogP contribution is -1.93. The van der Waals surface area contributed by atoms with E-state index in [1.807, 2.05) is 19.1 Å². The van der Waals surface area contributed by atoms with Crippen LogP contribution < -0.4 is 10.5 Å². The van der Waals surface area contributed by atoms with Crippen LogP contribution in [-0.2, 0) is 0 Å². The zero-order chi connectivity index (χ0) is 13.7. The molecule has 0 atom stereocenters. The highest BCUT2D eigenvalue weighted by Crippen LogP contribution is 2.26. The van der Waals surface area contributed by atoms with Crippen molar-refractivity contribution in [1.29, 1.82) is 0 Å². The number of rotatable bonds is 4. The number of hydrogen-bond acceptors (Lipinski definition) is 4. The van der Waals surface area contributed by atoms with Gasteiger partial charge in [-0.3, -0.25) is 4.99 Å². The van der Waals surface area contributed by atoms with Gasteiger partial charge >= 0.3 is 0 Å². The smallest absolute Gasteiger partial charge is 0.161 e. The van der Waals surface area contributed by atoms with Gasteiger partial charge in [0.05, 0.1) is 12.3 Å². The van der Waals surface area contributed by atoms with E-state index in [-0.39, 0.29) is 5.75 Å². The highest BCUT2D eigenvalue weighted by molar-refractivity contribution is 5.83. The van der Waals surface area contributed by atoms with Gasteiger partial charge in [-0.15, -0.1) is 0 Å². The molecule has 3 N–H and O–H groups in total. The minimum Gasteiger partial charge on any atom is -0.504 e. The maximum atomic E-state index is 9.60. The first-order chi connectivity index (χ1) is 9.19. The van der Waals surface area contributed by atoms with E-state index < -0.39 is 0 Å². The third-order valence-corrected chi connectivity index (χ3v) is 2.54. The first-order valence-corrected chi connectivity index (χ1v) is 6.04. The molecule has 0 saturated heterocycles. The Labute approximate surface area is 112 Å². The molecule has 2 aromatic rings. The largest absolute Gasteiger partial charge is 0.504 e. The molecular weight excluding hydrogens is 240 g/mol. The average Bonchev–Trinajstić information content (AvgIpc) is 2.42. The first kappa shape index (κ1) is 13.0. The van der Waals surface area contributed by atoms with Gasteiger partial charge < -0.3 is 15.6 Å². The monoisotopic (exact) mass is 256 g/mol. The first-order valence-electron chi connectivity index (χ1n) is 6.04. The Balaban J connectivity index is 2.18. The number of anilines is 1. The topological polar surface area (TPSA) is 67.8 Å². The molecule has 98 valence electrons. The van der Waals surface area contributed by atoms with Gasteiger partial charge in [-0.05, 0) is 55.0 Å². The Hall–Kier alpha value is -2.49. The van der Waals surface area contributed by atoms with E-state index in [9.17, 15) is 5.11 Å². The molecule has 0 bridgehead atoms. The minimum absolute atomic E-state index is 0.131. The molecule has 0 aliphatic carbocycles. The van der Waals surface area contributed by atoms with Crippen LogP contribution >= 0.6 is 0 Å². The van der Waals surface area contributed by atoms with E-state index >= 15 is 0 Å². The fraction of sp³-hybridized carbons (Fsp3) is 0.133. The van der Waals surface area contributed by atoms with Crippen LogP contribution in [0.1, 0.15) is 12.5 Å². The maximum Gasteiger partial charge on any atom is 0.161 e. The molecule has 4 heteroatoms. The van der Waals surface area contributed by atoms with Crippen molar-refractivity contribution in [2.24, 2.45) is 4.99 Å². The average molecular weight is 256 g/mol. The molecule has 0 radical (unpaired) electrons. The summed E-state index contributed by atoms with van der Waals surface area (Å²) in [5, 5.41) is 9.60. The summed E-state index contributed by atoms with van der Waals surface area (Å²) in [5.41, 5.74) is 8.00. The molecule has 0 saturated carbocycles. The number of nitrogens with zero attached hydrogens (tertiary/aromatic N) is 1. The lowest BCUT2D eigenvalue weighted by Gasteiger charge is -2.05. The van der Waals surface area contributed by atoms with Gasteiger partial charge in [-0.25, -0.2) is 0 Å². The van der Waals surface area contributed by atoms with Crippen molar-refractivity contribution in [3.05, 3.63) is 48.0 Å². The van der Waals surface area contributed by atoms with Crippen molar-refractivity contribution in [2.75, 3.05) is 12.3 Å². The molecule has 0 heterocycles. The van der Waals surface area contributed by atoms with Crippen molar-refractivity contribution in [3.8, 4) is 11.5 Å². The number of nitrogens with two attached hydrogens (primary N) is 1. The fourth-order valence-corrected chi connectivity index (χ4v) is 1.59.